The number of piperazine rings is 1. The summed E-state index contributed by atoms with van der Waals surface area (Å²) in [5.74, 6) is 0.101. The maximum Gasteiger partial charge on any atom is 0.257 e. The fraction of sp³-hybridized carbons (Fsp3) is 0.350. The van der Waals surface area contributed by atoms with Crippen molar-refractivity contribution >= 4 is 27.5 Å². The highest BCUT2D eigenvalue weighted by molar-refractivity contribution is 7.89. The number of nitrogens with zero attached hydrogens (tertiary/aromatic N) is 2. The summed E-state index contributed by atoms with van der Waals surface area (Å²) in [6.45, 7) is 0.506. The minimum absolute atomic E-state index is 0.0820. The molecule has 0 spiro atoms. The molecule has 11 heteroatoms. The third-order valence-corrected chi connectivity index (χ3v) is 7.18. The van der Waals surface area contributed by atoms with Crippen molar-refractivity contribution in [2.75, 3.05) is 47.5 Å². The quantitative estimate of drug-likeness (QED) is 0.642. The number of amides is 1. The minimum Gasteiger partial charge on any atom is -0.496 e. The Morgan fingerprint density at radius 2 is 1.52 bits per heavy atom. The minimum atomic E-state index is -3.86. The molecule has 1 heterocycles. The van der Waals surface area contributed by atoms with Crippen LogP contribution in [0.5, 0.6) is 17.2 Å². The van der Waals surface area contributed by atoms with E-state index in [0.29, 0.717) is 17.2 Å². The highest BCUT2D eigenvalue weighted by atomic mass is 35.5. The predicted molar refractivity (Wildman–Crippen MR) is 112 cm³/mol. The fourth-order valence-electron chi connectivity index (χ4n) is 3.28. The summed E-state index contributed by atoms with van der Waals surface area (Å²) in [6, 6.07) is 6.35. The smallest absolute Gasteiger partial charge is 0.257 e. The van der Waals surface area contributed by atoms with Crippen LogP contribution in [0.3, 0.4) is 0 Å². The molecule has 2 aromatic rings. The summed E-state index contributed by atoms with van der Waals surface area (Å²) in [4.78, 5) is 14.5. The van der Waals surface area contributed by atoms with E-state index in [9.17, 15) is 17.6 Å². The molecule has 1 amide bonds. The SMILES string of the molecule is COc1cc(OC)c(C(=O)N2CCN(S(=O)(=O)c3ccc(F)c(Cl)c3)CC2)cc1OC. The number of sulfonamides is 1. The van der Waals surface area contributed by atoms with E-state index in [1.807, 2.05) is 0 Å². The monoisotopic (exact) mass is 472 g/mol. The first-order valence-corrected chi connectivity index (χ1v) is 11.1. The second-order valence-corrected chi connectivity index (χ2v) is 9.02. The van der Waals surface area contributed by atoms with Crippen LogP contribution in [-0.2, 0) is 10.0 Å². The van der Waals surface area contributed by atoms with Crippen LogP contribution in [0.2, 0.25) is 5.02 Å². The van der Waals surface area contributed by atoms with E-state index in [1.165, 1.54) is 42.7 Å². The molecule has 1 aliphatic rings. The summed E-state index contributed by atoms with van der Waals surface area (Å²) in [5.41, 5.74) is 0.279. The van der Waals surface area contributed by atoms with Crippen LogP contribution in [0.1, 0.15) is 10.4 Å². The van der Waals surface area contributed by atoms with E-state index in [4.69, 9.17) is 25.8 Å². The summed E-state index contributed by atoms with van der Waals surface area (Å²) in [7, 11) is 0.517. The van der Waals surface area contributed by atoms with Crippen LogP contribution in [0.4, 0.5) is 4.39 Å². The van der Waals surface area contributed by atoms with Crippen LogP contribution in [-0.4, -0.2) is 71.0 Å². The molecule has 0 radical (unpaired) electrons. The summed E-state index contributed by atoms with van der Waals surface area (Å²) in [5, 5.41) is -0.268. The molecule has 0 unspecified atom stereocenters. The molecule has 0 saturated carbocycles. The van der Waals surface area contributed by atoms with Crippen molar-refractivity contribution in [1.29, 1.82) is 0 Å². The lowest BCUT2D eigenvalue weighted by Gasteiger charge is -2.34. The molecule has 3 rings (SSSR count). The molecule has 0 N–H and O–H groups in total. The number of rotatable bonds is 6. The Labute approximate surface area is 185 Å². The normalized spacial score (nSPS) is 14.9. The van der Waals surface area contributed by atoms with Gasteiger partial charge in [0.2, 0.25) is 10.0 Å². The van der Waals surface area contributed by atoms with Crippen LogP contribution >= 0.6 is 11.6 Å². The standard InChI is InChI=1S/C20H22ClFN2O6S/c1-28-17-12-19(30-3)18(29-2)11-14(17)20(25)23-6-8-24(9-7-23)31(26,27)13-4-5-16(22)15(21)10-13/h4-5,10-12H,6-9H2,1-3H3. The zero-order valence-corrected chi connectivity index (χ0v) is 18.8. The highest BCUT2D eigenvalue weighted by Gasteiger charge is 2.32. The van der Waals surface area contributed by atoms with Crippen molar-refractivity contribution in [2.24, 2.45) is 0 Å². The molecule has 1 aliphatic heterocycles. The van der Waals surface area contributed by atoms with E-state index >= 15 is 0 Å². The van der Waals surface area contributed by atoms with Gasteiger partial charge in [-0.2, -0.15) is 4.31 Å². The predicted octanol–water partition coefficient (Wildman–Crippen LogP) is 2.65. The summed E-state index contributed by atoms with van der Waals surface area (Å²) >= 11 is 5.72. The molecule has 168 valence electrons. The highest BCUT2D eigenvalue weighted by Crippen LogP contribution is 2.35. The van der Waals surface area contributed by atoms with Gasteiger partial charge in [-0.25, -0.2) is 12.8 Å². The van der Waals surface area contributed by atoms with E-state index in [-0.39, 0.29) is 47.6 Å². The Balaban J connectivity index is 1.78. The molecular weight excluding hydrogens is 451 g/mol. The molecular formula is C20H22ClFN2O6S. The van der Waals surface area contributed by atoms with Gasteiger partial charge in [0, 0.05) is 38.3 Å². The second-order valence-electron chi connectivity index (χ2n) is 6.68. The number of methoxy groups -OCH3 is 3. The topological polar surface area (TPSA) is 85.4 Å². The maximum atomic E-state index is 13.4. The maximum absolute atomic E-state index is 13.4. The van der Waals surface area contributed by atoms with Gasteiger partial charge in [0.05, 0.1) is 36.8 Å². The van der Waals surface area contributed by atoms with Gasteiger partial charge in [-0.15, -0.1) is 0 Å². The van der Waals surface area contributed by atoms with Crippen LogP contribution in [0, 0.1) is 5.82 Å². The number of carbonyl (C=O) groups excluding carboxylic acids is 1. The average Bonchev–Trinajstić information content (AvgIpc) is 2.79. The van der Waals surface area contributed by atoms with Gasteiger partial charge in [-0.1, -0.05) is 11.6 Å². The summed E-state index contributed by atoms with van der Waals surface area (Å²) in [6.07, 6.45) is 0. The van der Waals surface area contributed by atoms with Crippen molar-refractivity contribution in [1.82, 2.24) is 9.21 Å². The molecule has 31 heavy (non-hydrogen) atoms. The van der Waals surface area contributed by atoms with Crippen molar-refractivity contribution in [3.8, 4) is 17.2 Å². The first-order chi connectivity index (χ1) is 14.7. The Bertz CT molecular complexity index is 1090. The van der Waals surface area contributed by atoms with Crippen molar-refractivity contribution < 1.29 is 31.8 Å². The molecule has 0 aromatic heterocycles. The van der Waals surface area contributed by atoms with E-state index < -0.39 is 15.8 Å². The number of halogens is 2. The first kappa shape index (κ1) is 23.1. The van der Waals surface area contributed by atoms with Crippen LogP contribution in [0.25, 0.3) is 0 Å². The average molecular weight is 473 g/mol. The molecule has 8 nitrogen and oxygen atoms in total. The Hall–Kier alpha value is -2.56. The van der Waals surface area contributed by atoms with E-state index in [2.05, 4.69) is 0 Å². The second kappa shape index (κ2) is 9.29. The number of carbonyl (C=O) groups is 1. The van der Waals surface area contributed by atoms with Gasteiger partial charge in [0.15, 0.2) is 11.5 Å². The largest absolute Gasteiger partial charge is 0.496 e. The number of ether oxygens (including phenoxy) is 3. The van der Waals surface area contributed by atoms with Gasteiger partial charge in [0.1, 0.15) is 11.6 Å². The molecule has 1 fully saturated rings. The number of hydrogen-bond donors (Lipinski definition) is 0. The van der Waals surface area contributed by atoms with Crippen LogP contribution in [0.15, 0.2) is 35.2 Å². The van der Waals surface area contributed by atoms with Crippen molar-refractivity contribution in [3.63, 3.8) is 0 Å². The lowest BCUT2D eigenvalue weighted by atomic mass is 10.1. The van der Waals surface area contributed by atoms with Crippen molar-refractivity contribution in [2.45, 2.75) is 4.90 Å². The fourth-order valence-corrected chi connectivity index (χ4v) is 4.98. The molecule has 1 saturated heterocycles. The third-order valence-electron chi connectivity index (χ3n) is 4.99. The van der Waals surface area contributed by atoms with Gasteiger partial charge in [-0.3, -0.25) is 4.79 Å². The lowest BCUT2D eigenvalue weighted by Crippen LogP contribution is -2.50. The molecule has 0 aliphatic carbocycles. The zero-order valence-electron chi connectivity index (χ0n) is 17.2. The van der Waals surface area contributed by atoms with Crippen LogP contribution < -0.4 is 14.2 Å². The Morgan fingerprint density at radius 1 is 0.935 bits per heavy atom. The molecule has 0 atom stereocenters. The lowest BCUT2D eigenvalue weighted by molar-refractivity contribution is 0.0694. The number of hydrogen-bond acceptors (Lipinski definition) is 6. The van der Waals surface area contributed by atoms with Gasteiger partial charge < -0.3 is 19.1 Å². The van der Waals surface area contributed by atoms with Gasteiger partial charge in [0.25, 0.3) is 5.91 Å². The summed E-state index contributed by atoms with van der Waals surface area (Å²) < 4.78 is 56.1. The molecule has 2 aromatic carbocycles. The number of benzene rings is 2. The Kier molecular flexibility index (Phi) is 6.93. The first-order valence-electron chi connectivity index (χ1n) is 9.27. The Morgan fingerprint density at radius 3 is 2.06 bits per heavy atom. The van der Waals surface area contributed by atoms with Crippen molar-refractivity contribution in [3.05, 3.63) is 46.7 Å². The van der Waals surface area contributed by atoms with Gasteiger partial charge >= 0.3 is 0 Å². The van der Waals surface area contributed by atoms with E-state index in [0.717, 1.165) is 12.1 Å². The van der Waals surface area contributed by atoms with Gasteiger partial charge in [-0.05, 0) is 18.2 Å². The third kappa shape index (κ3) is 4.56. The zero-order chi connectivity index (χ0) is 22.8. The molecule has 0 bridgehead atoms. The van der Waals surface area contributed by atoms with E-state index in [1.54, 1.807) is 6.07 Å².